The van der Waals surface area contributed by atoms with Crippen LogP contribution in [0.15, 0.2) is 47.4 Å². The second kappa shape index (κ2) is 9.06. The zero-order chi connectivity index (χ0) is 20.1. The van der Waals surface area contributed by atoms with Gasteiger partial charge in [-0.05, 0) is 47.0 Å². The Morgan fingerprint density at radius 3 is 2.43 bits per heavy atom. The van der Waals surface area contributed by atoms with Crippen LogP contribution < -0.4 is 0 Å². The van der Waals surface area contributed by atoms with Crippen molar-refractivity contribution in [2.24, 2.45) is 0 Å². The molecule has 0 unspecified atom stereocenters. The van der Waals surface area contributed by atoms with Gasteiger partial charge < -0.3 is 4.90 Å². The molecule has 0 bridgehead atoms. The fourth-order valence-electron chi connectivity index (χ4n) is 3.29. The third-order valence-electron chi connectivity index (χ3n) is 4.62. The van der Waals surface area contributed by atoms with Gasteiger partial charge in [0.2, 0.25) is 5.91 Å². The average Bonchev–Trinajstić information content (AvgIpc) is 2.95. The van der Waals surface area contributed by atoms with Crippen molar-refractivity contribution in [3.05, 3.63) is 52.9 Å². The molecule has 146 valence electrons. The lowest BCUT2D eigenvalue weighted by atomic mass is 10.0. The first-order chi connectivity index (χ1) is 13.5. The van der Waals surface area contributed by atoms with Crippen molar-refractivity contribution in [1.82, 2.24) is 9.80 Å². The van der Waals surface area contributed by atoms with Gasteiger partial charge in [-0.1, -0.05) is 56.3 Å². The van der Waals surface area contributed by atoms with Gasteiger partial charge in [0.05, 0.1) is 4.91 Å². The van der Waals surface area contributed by atoms with Crippen LogP contribution in [-0.4, -0.2) is 46.5 Å². The standard InChI is InChI=1S/C22H24N2O3S/c1-3-12-23(13-4-2)20(25)15-24-21(26)19(28-22(24)27)14-17-10-7-9-16-8-5-6-11-18(16)17/h5-11,14H,3-4,12-13,15H2,1-2H3/b19-14-. The molecule has 0 N–H and O–H groups in total. The number of fused-ring (bicyclic) bond motifs is 1. The molecule has 0 radical (unpaired) electrons. The van der Waals surface area contributed by atoms with E-state index in [-0.39, 0.29) is 12.5 Å². The number of hydrogen-bond acceptors (Lipinski definition) is 4. The summed E-state index contributed by atoms with van der Waals surface area (Å²) >= 11 is 0.893. The van der Waals surface area contributed by atoms with Crippen LogP contribution in [-0.2, 0) is 9.59 Å². The molecular formula is C22H24N2O3S. The van der Waals surface area contributed by atoms with E-state index < -0.39 is 11.1 Å². The zero-order valence-corrected chi connectivity index (χ0v) is 17.0. The molecule has 2 aromatic carbocycles. The Balaban J connectivity index is 1.81. The van der Waals surface area contributed by atoms with Gasteiger partial charge in [-0.3, -0.25) is 19.3 Å². The van der Waals surface area contributed by atoms with E-state index in [1.807, 2.05) is 56.3 Å². The van der Waals surface area contributed by atoms with Crippen LogP contribution in [0.3, 0.4) is 0 Å². The maximum absolute atomic E-state index is 12.8. The Labute approximate surface area is 169 Å². The summed E-state index contributed by atoms with van der Waals surface area (Å²) in [5.41, 5.74) is 0.883. The molecule has 3 amide bonds. The van der Waals surface area contributed by atoms with Gasteiger partial charge >= 0.3 is 0 Å². The Morgan fingerprint density at radius 1 is 1.04 bits per heavy atom. The maximum Gasteiger partial charge on any atom is 0.294 e. The van der Waals surface area contributed by atoms with Gasteiger partial charge in [-0.25, -0.2) is 0 Å². The average molecular weight is 397 g/mol. The third-order valence-corrected chi connectivity index (χ3v) is 5.52. The van der Waals surface area contributed by atoms with E-state index in [4.69, 9.17) is 0 Å². The molecule has 1 fully saturated rings. The van der Waals surface area contributed by atoms with Gasteiger partial charge in [0.15, 0.2) is 0 Å². The van der Waals surface area contributed by atoms with Crippen LogP contribution in [0, 0.1) is 0 Å². The summed E-state index contributed by atoms with van der Waals surface area (Å²) in [7, 11) is 0. The zero-order valence-electron chi connectivity index (χ0n) is 16.2. The van der Waals surface area contributed by atoms with Crippen molar-refractivity contribution in [1.29, 1.82) is 0 Å². The number of hydrogen-bond donors (Lipinski definition) is 0. The topological polar surface area (TPSA) is 57.7 Å². The van der Waals surface area contributed by atoms with Crippen LogP contribution >= 0.6 is 11.8 Å². The van der Waals surface area contributed by atoms with Crippen molar-refractivity contribution in [3.63, 3.8) is 0 Å². The van der Waals surface area contributed by atoms with E-state index in [2.05, 4.69) is 0 Å². The summed E-state index contributed by atoms with van der Waals surface area (Å²) in [6.07, 6.45) is 3.43. The predicted molar refractivity (Wildman–Crippen MR) is 114 cm³/mol. The summed E-state index contributed by atoms with van der Waals surface area (Å²) in [6, 6.07) is 13.8. The lowest BCUT2D eigenvalue weighted by molar-refractivity contribution is -0.135. The molecular weight excluding hydrogens is 372 g/mol. The quantitative estimate of drug-likeness (QED) is 0.646. The molecule has 5 nitrogen and oxygen atoms in total. The molecule has 2 aromatic rings. The summed E-state index contributed by atoms with van der Waals surface area (Å²) in [4.78, 5) is 40.8. The van der Waals surface area contributed by atoms with Crippen LogP contribution in [0.2, 0.25) is 0 Å². The number of benzene rings is 2. The smallest absolute Gasteiger partial charge is 0.294 e. The first-order valence-corrected chi connectivity index (χ1v) is 10.4. The first-order valence-electron chi connectivity index (χ1n) is 9.56. The number of thioether (sulfide) groups is 1. The molecule has 3 rings (SSSR count). The number of rotatable bonds is 7. The highest BCUT2D eigenvalue weighted by atomic mass is 32.2. The largest absolute Gasteiger partial charge is 0.341 e. The van der Waals surface area contributed by atoms with Gasteiger partial charge in [0.1, 0.15) is 6.54 Å². The molecule has 1 saturated heterocycles. The maximum atomic E-state index is 12.8. The van der Waals surface area contributed by atoms with Crippen LogP contribution in [0.25, 0.3) is 16.8 Å². The van der Waals surface area contributed by atoms with Crippen molar-refractivity contribution >= 4 is 45.7 Å². The summed E-state index contributed by atoms with van der Waals surface area (Å²) in [5, 5.41) is 1.70. The Morgan fingerprint density at radius 2 is 1.71 bits per heavy atom. The highest BCUT2D eigenvalue weighted by molar-refractivity contribution is 8.18. The third kappa shape index (κ3) is 4.28. The molecule has 1 aliphatic rings. The van der Waals surface area contributed by atoms with Gasteiger partial charge in [-0.15, -0.1) is 0 Å². The highest BCUT2D eigenvalue weighted by Gasteiger charge is 2.37. The monoisotopic (exact) mass is 396 g/mol. The Kier molecular flexibility index (Phi) is 6.52. The molecule has 28 heavy (non-hydrogen) atoms. The lowest BCUT2D eigenvalue weighted by Gasteiger charge is -2.23. The molecule has 1 aliphatic heterocycles. The number of amides is 3. The fraction of sp³-hybridized carbons (Fsp3) is 0.318. The molecule has 0 aromatic heterocycles. The lowest BCUT2D eigenvalue weighted by Crippen LogP contribution is -2.42. The van der Waals surface area contributed by atoms with Crippen LogP contribution in [0.5, 0.6) is 0 Å². The van der Waals surface area contributed by atoms with E-state index in [0.29, 0.717) is 18.0 Å². The summed E-state index contributed by atoms with van der Waals surface area (Å²) < 4.78 is 0. The number of nitrogens with zero attached hydrogens (tertiary/aromatic N) is 2. The minimum atomic E-state index is -0.399. The fourth-order valence-corrected chi connectivity index (χ4v) is 4.12. The van der Waals surface area contributed by atoms with Gasteiger partial charge in [0.25, 0.3) is 11.1 Å². The normalized spacial score (nSPS) is 15.6. The predicted octanol–water partition coefficient (Wildman–Crippen LogP) is 4.52. The van der Waals surface area contributed by atoms with Crippen LogP contribution in [0.1, 0.15) is 32.3 Å². The highest BCUT2D eigenvalue weighted by Crippen LogP contribution is 2.33. The van der Waals surface area contributed by atoms with Crippen molar-refractivity contribution in [2.45, 2.75) is 26.7 Å². The molecule has 0 spiro atoms. The van der Waals surface area contributed by atoms with Gasteiger partial charge in [-0.2, -0.15) is 0 Å². The SMILES string of the molecule is CCCN(CCC)C(=O)CN1C(=O)S/C(=C\c2cccc3ccccc23)C1=O. The van der Waals surface area contributed by atoms with Crippen molar-refractivity contribution in [2.75, 3.05) is 19.6 Å². The number of imide groups is 1. The number of carbonyl (C=O) groups is 3. The van der Waals surface area contributed by atoms with E-state index in [0.717, 1.165) is 45.8 Å². The van der Waals surface area contributed by atoms with Crippen molar-refractivity contribution < 1.29 is 14.4 Å². The minimum Gasteiger partial charge on any atom is -0.341 e. The first kappa shape index (κ1) is 20.1. The van der Waals surface area contributed by atoms with E-state index in [1.165, 1.54) is 0 Å². The van der Waals surface area contributed by atoms with Crippen LogP contribution in [0.4, 0.5) is 4.79 Å². The van der Waals surface area contributed by atoms with E-state index in [9.17, 15) is 14.4 Å². The molecule has 0 saturated carbocycles. The van der Waals surface area contributed by atoms with E-state index >= 15 is 0 Å². The van der Waals surface area contributed by atoms with Gasteiger partial charge in [0, 0.05) is 13.1 Å². The summed E-state index contributed by atoms with van der Waals surface area (Å²) in [6.45, 7) is 5.08. The minimum absolute atomic E-state index is 0.183. The second-order valence-corrected chi connectivity index (χ2v) is 7.71. The molecule has 6 heteroatoms. The molecule has 0 aliphatic carbocycles. The Bertz CT molecular complexity index is 927. The second-order valence-electron chi connectivity index (χ2n) is 6.72. The number of carbonyl (C=O) groups excluding carboxylic acids is 3. The molecule has 1 heterocycles. The summed E-state index contributed by atoms with van der Waals surface area (Å²) in [5.74, 6) is -0.582. The Hall–Kier alpha value is -2.60. The van der Waals surface area contributed by atoms with Crippen molar-refractivity contribution in [3.8, 4) is 0 Å². The molecule has 0 atom stereocenters. The van der Waals surface area contributed by atoms with E-state index in [1.54, 1.807) is 11.0 Å².